The molecule has 0 bridgehead atoms. The van der Waals surface area contributed by atoms with E-state index in [1.54, 1.807) is 29.9 Å². The Bertz CT molecular complexity index is 680. The number of rotatable bonds is 3. The standard InChI is InChI=1S/C15H14BrNO4/c1-17-4-2-3-12(17)15(18)21-9-10-7-13-14(8-11(10)16)20-6-5-19-13/h2-4,7-8H,5-6,9H2,1H3. The summed E-state index contributed by atoms with van der Waals surface area (Å²) in [6.07, 6.45) is 1.80. The SMILES string of the molecule is Cn1cccc1C(=O)OCc1cc2c(cc1Br)OCCO2. The molecule has 2 heterocycles. The van der Waals surface area contributed by atoms with Crippen molar-refractivity contribution in [2.24, 2.45) is 7.05 Å². The Balaban J connectivity index is 1.73. The normalized spacial score (nSPS) is 13.0. The number of esters is 1. The number of hydrogen-bond acceptors (Lipinski definition) is 4. The summed E-state index contributed by atoms with van der Waals surface area (Å²) in [7, 11) is 1.80. The van der Waals surface area contributed by atoms with Crippen LogP contribution in [0.15, 0.2) is 34.9 Å². The molecule has 0 unspecified atom stereocenters. The number of aromatic nitrogens is 1. The van der Waals surface area contributed by atoms with Gasteiger partial charge in [-0.3, -0.25) is 0 Å². The minimum absolute atomic E-state index is 0.168. The van der Waals surface area contributed by atoms with Crippen LogP contribution in [-0.4, -0.2) is 23.8 Å². The zero-order chi connectivity index (χ0) is 14.8. The van der Waals surface area contributed by atoms with Gasteiger partial charge in [-0.15, -0.1) is 0 Å². The fourth-order valence-electron chi connectivity index (χ4n) is 2.11. The third-order valence-corrected chi connectivity index (χ3v) is 3.96. The first-order valence-corrected chi connectivity index (χ1v) is 7.31. The second kappa shape index (κ2) is 5.81. The molecule has 0 saturated carbocycles. The molecule has 2 aromatic rings. The van der Waals surface area contributed by atoms with Crippen LogP contribution in [0.4, 0.5) is 0 Å². The van der Waals surface area contributed by atoms with Gasteiger partial charge in [0.15, 0.2) is 11.5 Å². The predicted molar refractivity (Wildman–Crippen MR) is 79.7 cm³/mol. The molecule has 0 aliphatic carbocycles. The highest BCUT2D eigenvalue weighted by Gasteiger charge is 2.16. The minimum atomic E-state index is -0.357. The van der Waals surface area contributed by atoms with Crippen molar-refractivity contribution < 1.29 is 19.0 Å². The maximum Gasteiger partial charge on any atom is 0.355 e. The quantitative estimate of drug-likeness (QED) is 0.797. The number of nitrogens with zero attached hydrogens (tertiary/aromatic N) is 1. The minimum Gasteiger partial charge on any atom is -0.486 e. The van der Waals surface area contributed by atoms with Gasteiger partial charge >= 0.3 is 5.97 Å². The van der Waals surface area contributed by atoms with Crippen molar-refractivity contribution in [1.82, 2.24) is 4.57 Å². The van der Waals surface area contributed by atoms with Crippen molar-refractivity contribution in [2.75, 3.05) is 13.2 Å². The number of fused-ring (bicyclic) bond motifs is 1. The van der Waals surface area contributed by atoms with Crippen LogP contribution in [0.3, 0.4) is 0 Å². The Hall–Kier alpha value is -1.95. The Morgan fingerprint density at radius 2 is 2.05 bits per heavy atom. The first-order valence-electron chi connectivity index (χ1n) is 6.51. The van der Waals surface area contributed by atoms with Crippen LogP contribution < -0.4 is 9.47 Å². The first kappa shape index (κ1) is 14.0. The van der Waals surface area contributed by atoms with Gasteiger partial charge in [-0.2, -0.15) is 0 Å². The van der Waals surface area contributed by atoms with E-state index < -0.39 is 0 Å². The summed E-state index contributed by atoms with van der Waals surface area (Å²) in [5.74, 6) is 1.02. The van der Waals surface area contributed by atoms with Gasteiger partial charge in [0.2, 0.25) is 0 Å². The van der Waals surface area contributed by atoms with E-state index >= 15 is 0 Å². The van der Waals surface area contributed by atoms with E-state index in [2.05, 4.69) is 15.9 Å². The van der Waals surface area contributed by atoms with E-state index in [1.165, 1.54) is 0 Å². The number of halogens is 1. The van der Waals surface area contributed by atoms with Gasteiger partial charge in [0.1, 0.15) is 25.5 Å². The molecule has 1 aromatic heterocycles. The lowest BCUT2D eigenvalue weighted by Crippen LogP contribution is -2.16. The highest BCUT2D eigenvalue weighted by molar-refractivity contribution is 9.10. The molecule has 3 rings (SSSR count). The Morgan fingerprint density at radius 3 is 2.71 bits per heavy atom. The van der Waals surface area contributed by atoms with Crippen molar-refractivity contribution in [3.8, 4) is 11.5 Å². The summed E-state index contributed by atoms with van der Waals surface area (Å²) in [4.78, 5) is 12.0. The Morgan fingerprint density at radius 1 is 1.33 bits per heavy atom. The van der Waals surface area contributed by atoms with Crippen molar-refractivity contribution in [2.45, 2.75) is 6.61 Å². The van der Waals surface area contributed by atoms with Crippen LogP contribution in [0.25, 0.3) is 0 Å². The van der Waals surface area contributed by atoms with Crippen LogP contribution >= 0.6 is 15.9 Å². The molecule has 0 N–H and O–H groups in total. The molecular weight excluding hydrogens is 338 g/mol. The third kappa shape index (κ3) is 2.90. The maximum absolute atomic E-state index is 12.0. The summed E-state index contributed by atoms with van der Waals surface area (Å²) in [5, 5.41) is 0. The summed E-state index contributed by atoms with van der Waals surface area (Å²) in [5.41, 5.74) is 1.35. The smallest absolute Gasteiger partial charge is 0.355 e. The fraction of sp³-hybridized carbons (Fsp3) is 0.267. The molecule has 0 fully saturated rings. The van der Waals surface area contributed by atoms with Gasteiger partial charge in [0.05, 0.1) is 0 Å². The van der Waals surface area contributed by atoms with Crippen LogP contribution in [0, 0.1) is 0 Å². The van der Waals surface area contributed by atoms with E-state index in [-0.39, 0.29) is 12.6 Å². The fourth-order valence-corrected chi connectivity index (χ4v) is 2.54. The molecule has 6 heteroatoms. The topological polar surface area (TPSA) is 49.7 Å². The zero-order valence-corrected chi connectivity index (χ0v) is 13.1. The summed E-state index contributed by atoms with van der Waals surface area (Å²) >= 11 is 3.46. The van der Waals surface area contributed by atoms with Crippen LogP contribution in [0.2, 0.25) is 0 Å². The largest absolute Gasteiger partial charge is 0.486 e. The summed E-state index contributed by atoms with van der Waals surface area (Å²) in [6.45, 7) is 1.24. The number of aryl methyl sites for hydroxylation is 1. The molecule has 21 heavy (non-hydrogen) atoms. The molecule has 1 aliphatic rings. The highest BCUT2D eigenvalue weighted by atomic mass is 79.9. The van der Waals surface area contributed by atoms with Crippen LogP contribution in [-0.2, 0) is 18.4 Å². The van der Waals surface area contributed by atoms with Gasteiger partial charge in [-0.1, -0.05) is 15.9 Å². The monoisotopic (exact) mass is 351 g/mol. The lowest BCUT2D eigenvalue weighted by atomic mass is 10.2. The summed E-state index contributed by atoms with van der Waals surface area (Å²) < 4.78 is 18.9. The number of hydrogen-bond donors (Lipinski definition) is 0. The number of benzene rings is 1. The second-order valence-electron chi connectivity index (χ2n) is 4.67. The van der Waals surface area contributed by atoms with E-state index in [4.69, 9.17) is 14.2 Å². The molecule has 0 radical (unpaired) electrons. The number of carbonyl (C=O) groups is 1. The maximum atomic E-state index is 12.0. The average molecular weight is 352 g/mol. The van der Waals surface area contributed by atoms with Gasteiger partial charge in [-0.25, -0.2) is 4.79 Å². The van der Waals surface area contributed by atoms with E-state index in [0.717, 1.165) is 10.0 Å². The predicted octanol–water partition coefficient (Wildman–Crippen LogP) is 2.92. The van der Waals surface area contributed by atoms with E-state index in [0.29, 0.717) is 30.4 Å². The first-order chi connectivity index (χ1) is 10.1. The molecular formula is C15H14BrNO4. The number of ether oxygens (including phenoxy) is 3. The molecule has 0 atom stereocenters. The van der Waals surface area contributed by atoms with Gasteiger partial charge in [0, 0.05) is 23.3 Å². The van der Waals surface area contributed by atoms with Crippen molar-refractivity contribution in [3.63, 3.8) is 0 Å². The Labute approximate surface area is 130 Å². The van der Waals surface area contributed by atoms with E-state index in [1.807, 2.05) is 12.1 Å². The van der Waals surface area contributed by atoms with Crippen molar-refractivity contribution in [1.29, 1.82) is 0 Å². The van der Waals surface area contributed by atoms with Crippen molar-refractivity contribution >= 4 is 21.9 Å². The molecule has 0 amide bonds. The van der Waals surface area contributed by atoms with Gasteiger partial charge in [-0.05, 0) is 24.3 Å². The lowest BCUT2D eigenvalue weighted by molar-refractivity contribution is 0.0460. The molecule has 1 aliphatic heterocycles. The third-order valence-electron chi connectivity index (χ3n) is 3.22. The molecule has 5 nitrogen and oxygen atoms in total. The summed E-state index contributed by atoms with van der Waals surface area (Å²) in [6, 6.07) is 7.19. The van der Waals surface area contributed by atoms with Gasteiger partial charge < -0.3 is 18.8 Å². The van der Waals surface area contributed by atoms with Crippen LogP contribution in [0.1, 0.15) is 16.1 Å². The average Bonchev–Trinajstić information content (AvgIpc) is 2.91. The Kier molecular flexibility index (Phi) is 3.88. The second-order valence-corrected chi connectivity index (χ2v) is 5.52. The molecule has 0 saturated heterocycles. The lowest BCUT2D eigenvalue weighted by Gasteiger charge is -2.19. The molecule has 0 spiro atoms. The van der Waals surface area contributed by atoms with E-state index in [9.17, 15) is 4.79 Å². The molecule has 110 valence electrons. The molecule has 1 aromatic carbocycles. The number of carbonyl (C=O) groups excluding carboxylic acids is 1. The van der Waals surface area contributed by atoms with Crippen molar-refractivity contribution in [3.05, 3.63) is 46.2 Å². The van der Waals surface area contributed by atoms with Crippen LogP contribution in [0.5, 0.6) is 11.5 Å². The highest BCUT2D eigenvalue weighted by Crippen LogP contribution is 2.35. The zero-order valence-electron chi connectivity index (χ0n) is 11.5. The van der Waals surface area contributed by atoms with Gasteiger partial charge in [0.25, 0.3) is 0 Å².